The zero-order valence-electron chi connectivity index (χ0n) is 12.1. The largest absolute Gasteiger partial charge is 0.481 e. The Kier molecular flexibility index (Phi) is 3.95. The fraction of sp³-hybridized carbons (Fsp3) is 0.529. The average molecular weight is 287 g/mol. The van der Waals surface area contributed by atoms with Gasteiger partial charge in [0.15, 0.2) is 0 Å². The van der Waals surface area contributed by atoms with Gasteiger partial charge in [-0.15, -0.1) is 0 Å². The summed E-state index contributed by atoms with van der Waals surface area (Å²) in [4.78, 5) is 26.1. The minimum absolute atomic E-state index is 0.00856. The zero-order chi connectivity index (χ0) is 14.8. The number of aryl methyl sites for hydroxylation is 1. The number of anilines is 1. The first-order valence-corrected chi connectivity index (χ1v) is 7.80. The van der Waals surface area contributed by atoms with E-state index in [1.54, 1.807) is 0 Å². The Labute approximate surface area is 124 Å². The Morgan fingerprint density at radius 2 is 1.81 bits per heavy atom. The van der Waals surface area contributed by atoms with Crippen LogP contribution in [0.3, 0.4) is 0 Å². The van der Waals surface area contributed by atoms with Gasteiger partial charge in [-0.2, -0.15) is 0 Å². The highest BCUT2D eigenvalue weighted by Crippen LogP contribution is 2.36. The van der Waals surface area contributed by atoms with E-state index < -0.39 is 11.9 Å². The number of carboxylic acid groups (broad SMARTS) is 1. The molecule has 1 saturated carbocycles. The van der Waals surface area contributed by atoms with Crippen molar-refractivity contribution in [2.45, 2.75) is 38.5 Å². The van der Waals surface area contributed by atoms with Crippen molar-refractivity contribution in [1.82, 2.24) is 0 Å². The quantitative estimate of drug-likeness (QED) is 0.910. The summed E-state index contributed by atoms with van der Waals surface area (Å²) >= 11 is 0. The van der Waals surface area contributed by atoms with E-state index in [1.165, 1.54) is 5.56 Å². The van der Waals surface area contributed by atoms with Gasteiger partial charge in [0.25, 0.3) is 0 Å². The molecule has 0 bridgehead atoms. The van der Waals surface area contributed by atoms with Crippen LogP contribution in [0.15, 0.2) is 24.3 Å². The molecule has 0 radical (unpaired) electrons. The molecular formula is C17H21NO3. The highest BCUT2D eigenvalue weighted by Gasteiger charge is 2.40. The summed E-state index contributed by atoms with van der Waals surface area (Å²) in [6, 6.07) is 8.02. The molecule has 1 heterocycles. The molecule has 1 fully saturated rings. The van der Waals surface area contributed by atoms with Gasteiger partial charge in [-0.25, -0.2) is 0 Å². The topological polar surface area (TPSA) is 57.6 Å². The van der Waals surface area contributed by atoms with Gasteiger partial charge in [-0.1, -0.05) is 24.6 Å². The fourth-order valence-electron chi connectivity index (χ4n) is 3.67. The number of rotatable bonds is 2. The Morgan fingerprint density at radius 3 is 2.62 bits per heavy atom. The van der Waals surface area contributed by atoms with E-state index >= 15 is 0 Å². The molecule has 1 aromatic carbocycles. The van der Waals surface area contributed by atoms with Crippen molar-refractivity contribution in [3.05, 3.63) is 29.8 Å². The molecule has 2 atom stereocenters. The first-order valence-electron chi connectivity index (χ1n) is 7.80. The molecular weight excluding hydrogens is 266 g/mol. The van der Waals surface area contributed by atoms with Crippen LogP contribution < -0.4 is 4.90 Å². The highest BCUT2D eigenvalue weighted by atomic mass is 16.4. The number of amides is 1. The van der Waals surface area contributed by atoms with Crippen LogP contribution in [-0.2, 0) is 16.0 Å². The fourth-order valence-corrected chi connectivity index (χ4v) is 3.67. The van der Waals surface area contributed by atoms with Crippen LogP contribution in [0.1, 0.15) is 37.7 Å². The van der Waals surface area contributed by atoms with E-state index in [0.717, 1.165) is 31.4 Å². The van der Waals surface area contributed by atoms with Crippen molar-refractivity contribution in [1.29, 1.82) is 0 Å². The summed E-state index contributed by atoms with van der Waals surface area (Å²) in [6.07, 6.45) is 5.21. The predicted molar refractivity (Wildman–Crippen MR) is 80.2 cm³/mol. The Hall–Kier alpha value is -1.84. The third-order valence-corrected chi connectivity index (χ3v) is 4.78. The molecule has 0 unspecified atom stereocenters. The number of benzene rings is 1. The van der Waals surface area contributed by atoms with E-state index in [0.29, 0.717) is 19.4 Å². The molecule has 1 amide bonds. The van der Waals surface area contributed by atoms with Crippen molar-refractivity contribution in [3.63, 3.8) is 0 Å². The molecule has 4 nitrogen and oxygen atoms in total. The highest BCUT2D eigenvalue weighted by molar-refractivity contribution is 5.98. The lowest BCUT2D eigenvalue weighted by Crippen LogP contribution is -2.39. The van der Waals surface area contributed by atoms with Crippen LogP contribution in [-0.4, -0.2) is 23.5 Å². The normalized spacial score (nSPS) is 25.2. The second kappa shape index (κ2) is 5.88. The van der Waals surface area contributed by atoms with E-state index in [4.69, 9.17) is 0 Å². The van der Waals surface area contributed by atoms with Crippen molar-refractivity contribution in [3.8, 4) is 0 Å². The van der Waals surface area contributed by atoms with Crippen molar-refractivity contribution in [2.24, 2.45) is 11.8 Å². The second-order valence-corrected chi connectivity index (χ2v) is 6.06. The Bertz CT molecular complexity index is 555. The average Bonchev–Trinajstić information content (AvgIpc) is 2.88. The van der Waals surface area contributed by atoms with Crippen LogP contribution in [0.2, 0.25) is 0 Å². The monoisotopic (exact) mass is 287 g/mol. The standard InChI is InChI=1S/C17H21NO3/c19-16(13-8-5-9-14(13)17(20)21)18-11-4-3-7-12-6-1-2-10-15(12)18/h1-2,6,10,13-14H,3-5,7-9,11H2,(H,20,21)/t13-,14+/m1/s1. The van der Waals surface area contributed by atoms with Gasteiger partial charge in [0.2, 0.25) is 5.91 Å². The molecule has 2 aliphatic rings. The summed E-state index contributed by atoms with van der Waals surface area (Å²) in [5.41, 5.74) is 2.18. The maximum absolute atomic E-state index is 12.9. The van der Waals surface area contributed by atoms with Crippen LogP contribution in [0.5, 0.6) is 0 Å². The summed E-state index contributed by atoms with van der Waals surface area (Å²) < 4.78 is 0. The number of aliphatic carboxylic acids is 1. The molecule has 112 valence electrons. The number of nitrogens with zero attached hydrogens (tertiary/aromatic N) is 1. The smallest absolute Gasteiger partial charge is 0.307 e. The minimum Gasteiger partial charge on any atom is -0.481 e. The van der Waals surface area contributed by atoms with E-state index in [1.807, 2.05) is 23.1 Å². The number of carbonyl (C=O) groups is 2. The molecule has 0 saturated heterocycles. The third kappa shape index (κ3) is 2.67. The van der Waals surface area contributed by atoms with Gasteiger partial charge in [-0.05, 0) is 43.7 Å². The number of carbonyl (C=O) groups excluding carboxylic acids is 1. The molecule has 1 aliphatic heterocycles. The molecule has 21 heavy (non-hydrogen) atoms. The third-order valence-electron chi connectivity index (χ3n) is 4.78. The first kappa shape index (κ1) is 14.1. The van der Waals surface area contributed by atoms with Crippen LogP contribution in [0, 0.1) is 11.8 Å². The van der Waals surface area contributed by atoms with Crippen LogP contribution >= 0.6 is 0 Å². The maximum atomic E-state index is 12.9. The van der Waals surface area contributed by atoms with E-state index in [2.05, 4.69) is 6.07 Å². The molecule has 1 aromatic rings. The summed E-state index contributed by atoms with van der Waals surface area (Å²) in [6.45, 7) is 0.707. The second-order valence-electron chi connectivity index (χ2n) is 6.06. The lowest BCUT2D eigenvalue weighted by Gasteiger charge is -2.27. The number of carboxylic acids is 1. The molecule has 1 N–H and O–H groups in total. The van der Waals surface area contributed by atoms with Gasteiger partial charge >= 0.3 is 5.97 Å². The SMILES string of the molecule is O=C(O)[C@H]1CCC[C@H]1C(=O)N1CCCCc2ccccc21. The predicted octanol–water partition coefficient (Wildman–Crippen LogP) is 2.86. The molecule has 3 rings (SSSR count). The van der Waals surface area contributed by atoms with Gasteiger partial charge in [-0.3, -0.25) is 9.59 Å². The van der Waals surface area contributed by atoms with Crippen molar-refractivity contribution < 1.29 is 14.7 Å². The molecule has 1 aliphatic carbocycles. The number of para-hydroxylation sites is 1. The van der Waals surface area contributed by atoms with Gasteiger partial charge < -0.3 is 10.0 Å². The van der Waals surface area contributed by atoms with Gasteiger partial charge in [0.1, 0.15) is 0 Å². The lowest BCUT2D eigenvalue weighted by molar-refractivity contribution is -0.145. The lowest BCUT2D eigenvalue weighted by atomic mass is 9.94. The molecule has 4 heteroatoms. The summed E-state index contributed by atoms with van der Waals surface area (Å²) in [5.74, 6) is -1.68. The van der Waals surface area contributed by atoms with E-state index in [9.17, 15) is 14.7 Å². The molecule has 0 aromatic heterocycles. The number of hydrogen-bond donors (Lipinski definition) is 1. The summed E-state index contributed by atoms with van der Waals surface area (Å²) in [5, 5.41) is 9.31. The van der Waals surface area contributed by atoms with E-state index in [-0.39, 0.29) is 11.8 Å². The minimum atomic E-state index is -0.825. The summed E-state index contributed by atoms with van der Waals surface area (Å²) in [7, 11) is 0. The van der Waals surface area contributed by atoms with Crippen LogP contribution in [0.25, 0.3) is 0 Å². The number of fused-ring (bicyclic) bond motifs is 1. The van der Waals surface area contributed by atoms with Gasteiger partial charge in [0.05, 0.1) is 11.8 Å². The Morgan fingerprint density at radius 1 is 1.05 bits per heavy atom. The number of hydrogen-bond acceptors (Lipinski definition) is 2. The van der Waals surface area contributed by atoms with Crippen molar-refractivity contribution >= 4 is 17.6 Å². The van der Waals surface area contributed by atoms with Gasteiger partial charge in [0, 0.05) is 12.2 Å². The first-order chi connectivity index (χ1) is 10.2. The molecule has 0 spiro atoms. The van der Waals surface area contributed by atoms with Crippen molar-refractivity contribution in [2.75, 3.05) is 11.4 Å². The maximum Gasteiger partial charge on any atom is 0.307 e. The Balaban J connectivity index is 1.89. The zero-order valence-corrected chi connectivity index (χ0v) is 12.1. The van der Waals surface area contributed by atoms with Crippen LogP contribution in [0.4, 0.5) is 5.69 Å².